The normalized spacial score (nSPS) is 11.1. The van der Waals surface area contributed by atoms with Gasteiger partial charge in [-0.25, -0.2) is 8.42 Å². The summed E-state index contributed by atoms with van der Waals surface area (Å²) in [5.74, 6) is -0.640. The molecule has 2 aromatic rings. The lowest BCUT2D eigenvalue weighted by Crippen LogP contribution is -2.41. The Morgan fingerprint density at radius 2 is 1.81 bits per heavy atom. The van der Waals surface area contributed by atoms with E-state index >= 15 is 0 Å². The number of hydrogen-bond donors (Lipinski definition) is 2. The van der Waals surface area contributed by atoms with Gasteiger partial charge >= 0.3 is 0 Å². The molecule has 0 aliphatic rings. The van der Waals surface area contributed by atoms with Crippen molar-refractivity contribution < 1.29 is 13.2 Å². The standard InChI is InChI=1S/C13H10BrClN2O3S/c14-9-4-3-5-10(8-9)21(19,20)17-16-13(18)11-6-1-2-7-12(11)15/h1-8,17H,(H,16,18). The molecule has 0 saturated carbocycles. The number of nitrogens with one attached hydrogen (secondary N) is 2. The molecule has 0 fully saturated rings. The van der Waals surface area contributed by atoms with Crippen LogP contribution in [-0.2, 0) is 10.0 Å². The van der Waals surface area contributed by atoms with Gasteiger partial charge in [0.15, 0.2) is 0 Å². The first-order valence-electron chi connectivity index (χ1n) is 5.72. The molecular weight excluding hydrogens is 380 g/mol. The topological polar surface area (TPSA) is 75.3 Å². The van der Waals surface area contributed by atoms with Gasteiger partial charge in [-0.1, -0.05) is 45.7 Å². The third kappa shape index (κ3) is 4.04. The zero-order valence-corrected chi connectivity index (χ0v) is 13.7. The first kappa shape index (κ1) is 16.0. The molecule has 0 heterocycles. The first-order valence-corrected chi connectivity index (χ1v) is 8.38. The Kier molecular flexibility index (Phi) is 5.00. The molecule has 0 radical (unpaired) electrons. The minimum Gasteiger partial charge on any atom is -0.273 e. The van der Waals surface area contributed by atoms with Gasteiger partial charge in [0.05, 0.1) is 15.5 Å². The summed E-state index contributed by atoms with van der Waals surface area (Å²) in [5, 5.41) is 0.233. The SMILES string of the molecule is O=C(NNS(=O)(=O)c1cccc(Br)c1)c1ccccc1Cl. The summed E-state index contributed by atoms with van der Waals surface area (Å²) in [5.41, 5.74) is 2.30. The van der Waals surface area contributed by atoms with Crippen LogP contribution >= 0.6 is 27.5 Å². The van der Waals surface area contributed by atoms with Crippen LogP contribution in [0.25, 0.3) is 0 Å². The van der Waals surface area contributed by atoms with Gasteiger partial charge in [-0.05, 0) is 30.3 Å². The number of hydrogen-bond acceptors (Lipinski definition) is 3. The van der Waals surface area contributed by atoms with Gasteiger partial charge in [0.2, 0.25) is 0 Å². The smallest absolute Gasteiger partial charge is 0.267 e. The average Bonchev–Trinajstić information content (AvgIpc) is 2.45. The van der Waals surface area contributed by atoms with Crippen molar-refractivity contribution in [1.29, 1.82) is 0 Å². The predicted molar refractivity (Wildman–Crippen MR) is 83.4 cm³/mol. The molecule has 2 N–H and O–H groups in total. The Labute approximate surface area is 135 Å². The van der Waals surface area contributed by atoms with Gasteiger partial charge in [-0.2, -0.15) is 0 Å². The van der Waals surface area contributed by atoms with Crippen molar-refractivity contribution in [3.05, 3.63) is 63.6 Å². The zero-order valence-electron chi connectivity index (χ0n) is 10.5. The Bertz CT molecular complexity index is 780. The summed E-state index contributed by atoms with van der Waals surface area (Å²) in [6.07, 6.45) is 0. The number of hydrazine groups is 1. The van der Waals surface area contributed by atoms with E-state index in [1.165, 1.54) is 18.2 Å². The second-order valence-electron chi connectivity index (χ2n) is 4.00. The summed E-state index contributed by atoms with van der Waals surface area (Å²) in [7, 11) is -3.85. The average molecular weight is 390 g/mol. The second-order valence-corrected chi connectivity index (χ2v) is 7.00. The molecule has 21 heavy (non-hydrogen) atoms. The lowest BCUT2D eigenvalue weighted by Gasteiger charge is -2.09. The Balaban J connectivity index is 2.12. The Morgan fingerprint density at radius 3 is 2.48 bits per heavy atom. The molecule has 5 nitrogen and oxygen atoms in total. The van der Waals surface area contributed by atoms with Crippen LogP contribution in [0.4, 0.5) is 0 Å². The summed E-state index contributed by atoms with van der Waals surface area (Å²) in [4.78, 5) is 13.9. The van der Waals surface area contributed by atoms with Crippen molar-refractivity contribution in [3.8, 4) is 0 Å². The van der Waals surface area contributed by atoms with Crippen LogP contribution in [0.2, 0.25) is 5.02 Å². The van der Waals surface area contributed by atoms with E-state index < -0.39 is 15.9 Å². The molecule has 2 rings (SSSR count). The quantitative estimate of drug-likeness (QED) is 0.790. The summed E-state index contributed by atoms with van der Waals surface area (Å²) in [6, 6.07) is 12.4. The number of amides is 1. The van der Waals surface area contributed by atoms with Crippen LogP contribution in [0.1, 0.15) is 10.4 Å². The maximum Gasteiger partial charge on any atom is 0.267 e. The molecule has 0 atom stereocenters. The van der Waals surface area contributed by atoms with Crippen LogP contribution in [0.5, 0.6) is 0 Å². The van der Waals surface area contributed by atoms with Crippen molar-refractivity contribution in [2.75, 3.05) is 0 Å². The number of benzene rings is 2. The van der Waals surface area contributed by atoms with E-state index in [1.807, 2.05) is 4.83 Å². The molecule has 110 valence electrons. The number of carbonyl (C=O) groups is 1. The van der Waals surface area contributed by atoms with Crippen LogP contribution < -0.4 is 10.3 Å². The highest BCUT2D eigenvalue weighted by molar-refractivity contribution is 9.10. The minimum absolute atomic E-state index is 0.0244. The van der Waals surface area contributed by atoms with Crippen LogP contribution in [0, 0.1) is 0 Å². The van der Waals surface area contributed by atoms with Gasteiger partial charge < -0.3 is 0 Å². The van der Waals surface area contributed by atoms with Crippen molar-refractivity contribution in [2.45, 2.75) is 4.90 Å². The van der Waals surface area contributed by atoms with E-state index in [9.17, 15) is 13.2 Å². The molecule has 8 heteroatoms. The molecule has 0 aliphatic heterocycles. The van der Waals surface area contributed by atoms with Crippen LogP contribution in [0.15, 0.2) is 57.9 Å². The molecule has 0 unspecified atom stereocenters. The Hall–Kier alpha value is -1.41. The third-order valence-electron chi connectivity index (χ3n) is 2.52. The third-order valence-corrected chi connectivity index (χ3v) is 4.59. The van der Waals surface area contributed by atoms with Crippen LogP contribution in [-0.4, -0.2) is 14.3 Å². The molecule has 0 bridgehead atoms. The van der Waals surface area contributed by atoms with Crippen molar-refractivity contribution >= 4 is 43.5 Å². The highest BCUT2D eigenvalue weighted by atomic mass is 79.9. The molecule has 0 aliphatic carbocycles. The van der Waals surface area contributed by atoms with Crippen molar-refractivity contribution in [2.24, 2.45) is 0 Å². The summed E-state index contributed by atoms with van der Waals surface area (Å²) >= 11 is 9.05. The second kappa shape index (κ2) is 6.57. The Morgan fingerprint density at radius 1 is 1.10 bits per heavy atom. The number of rotatable bonds is 4. The number of carbonyl (C=O) groups excluding carboxylic acids is 1. The lowest BCUT2D eigenvalue weighted by molar-refractivity contribution is 0.0945. The van der Waals surface area contributed by atoms with E-state index in [0.29, 0.717) is 4.47 Å². The van der Waals surface area contributed by atoms with Gasteiger partial charge in [-0.3, -0.25) is 10.2 Å². The fourth-order valence-corrected chi connectivity index (χ4v) is 3.18. The van der Waals surface area contributed by atoms with Gasteiger partial charge in [0.1, 0.15) is 0 Å². The fraction of sp³-hybridized carbons (Fsp3) is 0. The highest BCUT2D eigenvalue weighted by Gasteiger charge is 2.16. The van der Waals surface area contributed by atoms with Gasteiger partial charge in [0, 0.05) is 4.47 Å². The van der Waals surface area contributed by atoms with E-state index in [0.717, 1.165) is 0 Å². The van der Waals surface area contributed by atoms with E-state index in [4.69, 9.17) is 11.6 Å². The maximum absolute atomic E-state index is 12.0. The first-order chi connectivity index (χ1) is 9.90. The minimum atomic E-state index is -3.85. The monoisotopic (exact) mass is 388 g/mol. The number of halogens is 2. The van der Waals surface area contributed by atoms with E-state index in [1.54, 1.807) is 30.3 Å². The number of sulfonamides is 1. The van der Waals surface area contributed by atoms with Crippen molar-refractivity contribution in [3.63, 3.8) is 0 Å². The maximum atomic E-state index is 12.0. The molecule has 0 saturated heterocycles. The largest absolute Gasteiger partial charge is 0.273 e. The molecular formula is C13H10BrClN2O3S. The predicted octanol–water partition coefficient (Wildman–Crippen LogP) is 2.73. The van der Waals surface area contributed by atoms with Gasteiger partial charge in [-0.15, -0.1) is 4.83 Å². The zero-order chi connectivity index (χ0) is 15.5. The van der Waals surface area contributed by atoms with Crippen molar-refractivity contribution in [1.82, 2.24) is 10.3 Å². The fourth-order valence-electron chi connectivity index (χ4n) is 1.52. The van der Waals surface area contributed by atoms with E-state index in [-0.39, 0.29) is 15.5 Å². The molecule has 0 aromatic heterocycles. The van der Waals surface area contributed by atoms with Gasteiger partial charge in [0.25, 0.3) is 15.9 Å². The summed E-state index contributed by atoms with van der Waals surface area (Å²) in [6.45, 7) is 0. The van der Waals surface area contributed by atoms with Crippen LogP contribution in [0.3, 0.4) is 0 Å². The van der Waals surface area contributed by atoms with E-state index in [2.05, 4.69) is 21.4 Å². The molecule has 2 aromatic carbocycles. The molecule has 0 spiro atoms. The molecule has 1 amide bonds. The lowest BCUT2D eigenvalue weighted by atomic mass is 10.2. The summed E-state index contributed by atoms with van der Waals surface area (Å²) < 4.78 is 24.7. The highest BCUT2D eigenvalue weighted by Crippen LogP contribution is 2.16.